The number of para-hydroxylation sites is 2. The summed E-state index contributed by atoms with van der Waals surface area (Å²) in [6.07, 6.45) is 0. The van der Waals surface area contributed by atoms with Crippen LogP contribution in [0.5, 0.6) is 0 Å². The molecule has 2 unspecified atom stereocenters. The molecule has 24 heavy (non-hydrogen) atoms. The summed E-state index contributed by atoms with van der Waals surface area (Å²) in [5, 5.41) is 0. The SMILES string of the molecule is Cc1nc2c(C(C)C(C)c3cccc4[nH]c(C)nc34)cccc2[nH]1. The molecular weight excluding hydrogens is 296 g/mol. The summed E-state index contributed by atoms with van der Waals surface area (Å²) >= 11 is 0. The summed E-state index contributed by atoms with van der Waals surface area (Å²) in [7, 11) is 0. The van der Waals surface area contributed by atoms with Crippen molar-refractivity contribution in [3.05, 3.63) is 59.2 Å². The molecule has 0 saturated heterocycles. The number of nitrogens with one attached hydrogen (secondary N) is 2. The summed E-state index contributed by atoms with van der Waals surface area (Å²) in [5.41, 5.74) is 6.96. The van der Waals surface area contributed by atoms with E-state index < -0.39 is 0 Å². The number of imidazole rings is 2. The second kappa shape index (κ2) is 5.48. The summed E-state index contributed by atoms with van der Waals surface area (Å²) < 4.78 is 0. The molecule has 4 heteroatoms. The predicted octanol–water partition coefficient (Wildman–Crippen LogP) is 4.96. The molecular formula is C20H22N4. The standard InChI is InChI=1S/C20H22N4/c1-11(15-7-5-9-17-19(15)23-13(3)21-17)12(2)16-8-6-10-18-20(16)24-14(4)22-18/h5-12H,1-4H3,(H,21,23)(H,22,24). The quantitative estimate of drug-likeness (QED) is 0.560. The van der Waals surface area contributed by atoms with Crippen molar-refractivity contribution in [3.8, 4) is 0 Å². The summed E-state index contributed by atoms with van der Waals surface area (Å²) in [4.78, 5) is 16.1. The first-order valence-electron chi connectivity index (χ1n) is 8.45. The maximum Gasteiger partial charge on any atom is 0.104 e. The highest BCUT2D eigenvalue weighted by Crippen LogP contribution is 2.37. The molecule has 0 fully saturated rings. The number of fused-ring (bicyclic) bond motifs is 2. The number of benzene rings is 2. The van der Waals surface area contributed by atoms with Crippen LogP contribution in [0.15, 0.2) is 36.4 Å². The van der Waals surface area contributed by atoms with Crippen LogP contribution in [0.4, 0.5) is 0 Å². The van der Waals surface area contributed by atoms with E-state index in [1.165, 1.54) is 11.1 Å². The van der Waals surface area contributed by atoms with Gasteiger partial charge in [-0.05, 0) is 48.9 Å². The van der Waals surface area contributed by atoms with Crippen LogP contribution >= 0.6 is 0 Å². The minimum Gasteiger partial charge on any atom is -0.342 e. The van der Waals surface area contributed by atoms with Gasteiger partial charge in [-0.1, -0.05) is 38.1 Å². The number of hydrogen-bond acceptors (Lipinski definition) is 2. The second-order valence-corrected chi connectivity index (χ2v) is 6.71. The lowest BCUT2D eigenvalue weighted by atomic mass is 9.83. The first-order valence-corrected chi connectivity index (χ1v) is 8.45. The topological polar surface area (TPSA) is 57.4 Å². The number of aryl methyl sites for hydroxylation is 2. The van der Waals surface area contributed by atoms with Gasteiger partial charge in [-0.3, -0.25) is 0 Å². The first-order chi connectivity index (χ1) is 11.5. The highest BCUT2D eigenvalue weighted by molar-refractivity contribution is 5.81. The average molecular weight is 318 g/mol. The summed E-state index contributed by atoms with van der Waals surface area (Å²) in [5.74, 6) is 2.61. The van der Waals surface area contributed by atoms with Crippen LogP contribution in [0, 0.1) is 13.8 Å². The number of H-pyrrole nitrogens is 2. The van der Waals surface area contributed by atoms with Crippen LogP contribution < -0.4 is 0 Å². The molecule has 0 radical (unpaired) electrons. The molecule has 0 aliphatic heterocycles. The Morgan fingerprint density at radius 1 is 0.708 bits per heavy atom. The van der Waals surface area contributed by atoms with E-state index in [4.69, 9.17) is 9.97 Å². The molecule has 2 N–H and O–H groups in total. The Hall–Kier alpha value is -2.62. The third-order valence-electron chi connectivity index (χ3n) is 5.06. The number of hydrogen-bond donors (Lipinski definition) is 2. The van der Waals surface area contributed by atoms with Gasteiger partial charge in [0.2, 0.25) is 0 Å². The highest BCUT2D eigenvalue weighted by Gasteiger charge is 2.22. The minimum absolute atomic E-state index is 0.346. The maximum atomic E-state index is 4.70. The lowest BCUT2D eigenvalue weighted by Gasteiger charge is -2.21. The molecule has 4 rings (SSSR count). The van der Waals surface area contributed by atoms with Crippen LogP contribution in [0.2, 0.25) is 0 Å². The monoisotopic (exact) mass is 318 g/mol. The van der Waals surface area contributed by atoms with Crippen LogP contribution in [0.25, 0.3) is 22.1 Å². The van der Waals surface area contributed by atoms with Gasteiger partial charge in [-0.25, -0.2) is 9.97 Å². The van der Waals surface area contributed by atoms with E-state index in [1.807, 2.05) is 13.8 Å². The molecule has 4 nitrogen and oxygen atoms in total. The molecule has 0 bridgehead atoms. The molecule has 0 amide bonds. The van der Waals surface area contributed by atoms with E-state index >= 15 is 0 Å². The molecule has 2 aromatic carbocycles. The zero-order valence-corrected chi connectivity index (χ0v) is 14.5. The van der Waals surface area contributed by atoms with Crippen molar-refractivity contribution in [2.24, 2.45) is 0 Å². The van der Waals surface area contributed by atoms with E-state index in [2.05, 4.69) is 60.2 Å². The fourth-order valence-electron chi connectivity index (χ4n) is 3.63. The van der Waals surface area contributed by atoms with Gasteiger partial charge in [-0.15, -0.1) is 0 Å². The van der Waals surface area contributed by atoms with E-state index in [-0.39, 0.29) is 0 Å². The molecule has 0 spiro atoms. The normalized spacial score (nSPS) is 14.3. The van der Waals surface area contributed by atoms with Crippen LogP contribution in [-0.4, -0.2) is 19.9 Å². The Labute approximate surface area is 141 Å². The smallest absolute Gasteiger partial charge is 0.104 e. The maximum absolute atomic E-state index is 4.70. The molecule has 2 atom stereocenters. The third kappa shape index (κ3) is 2.30. The van der Waals surface area contributed by atoms with Crippen LogP contribution in [-0.2, 0) is 0 Å². The molecule has 2 aromatic heterocycles. The third-order valence-corrected chi connectivity index (χ3v) is 5.06. The molecule has 0 aliphatic rings. The molecule has 0 aliphatic carbocycles. The Kier molecular flexibility index (Phi) is 3.41. The van der Waals surface area contributed by atoms with Crippen LogP contribution in [0.3, 0.4) is 0 Å². The van der Waals surface area contributed by atoms with Gasteiger partial charge in [0.15, 0.2) is 0 Å². The van der Waals surface area contributed by atoms with Gasteiger partial charge in [0.05, 0.1) is 22.1 Å². The fraction of sp³-hybridized carbons (Fsp3) is 0.300. The first kappa shape index (κ1) is 14.9. The molecule has 122 valence electrons. The Morgan fingerprint density at radius 3 is 1.54 bits per heavy atom. The number of aromatic amines is 2. The van der Waals surface area contributed by atoms with Gasteiger partial charge in [0.25, 0.3) is 0 Å². The van der Waals surface area contributed by atoms with Crippen LogP contribution in [0.1, 0.15) is 48.5 Å². The summed E-state index contributed by atoms with van der Waals surface area (Å²) in [6, 6.07) is 12.8. The van der Waals surface area contributed by atoms with E-state index in [9.17, 15) is 0 Å². The lowest BCUT2D eigenvalue weighted by molar-refractivity contribution is 0.630. The van der Waals surface area contributed by atoms with E-state index in [0.717, 1.165) is 33.7 Å². The van der Waals surface area contributed by atoms with Crippen molar-refractivity contribution < 1.29 is 0 Å². The van der Waals surface area contributed by atoms with Gasteiger partial charge in [0.1, 0.15) is 11.6 Å². The van der Waals surface area contributed by atoms with E-state index in [0.29, 0.717) is 11.8 Å². The van der Waals surface area contributed by atoms with Gasteiger partial charge in [-0.2, -0.15) is 0 Å². The van der Waals surface area contributed by atoms with Gasteiger partial charge < -0.3 is 9.97 Å². The van der Waals surface area contributed by atoms with Gasteiger partial charge in [0, 0.05) is 0 Å². The molecule has 4 aromatic rings. The predicted molar refractivity (Wildman–Crippen MR) is 98.5 cm³/mol. The zero-order valence-electron chi connectivity index (χ0n) is 14.5. The second-order valence-electron chi connectivity index (χ2n) is 6.71. The molecule has 2 heterocycles. The fourth-order valence-corrected chi connectivity index (χ4v) is 3.63. The summed E-state index contributed by atoms with van der Waals surface area (Å²) in [6.45, 7) is 8.57. The Bertz CT molecular complexity index is 941. The van der Waals surface area contributed by atoms with Crippen molar-refractivity contribution in [2.75, 3.05) is 0 Å². The lowest BCUT2D eigenvalue weighted by Crippen LogP contribution is -2.06. The minimum atomic E-state index is 0.346. The highest BCUT2D eigenvalue weighted by atomic mass is 14.9. The van der Waals surface area contributed by atoms with Gasteiger partial charge >= 0.3 is 0 Å². The molecule has 0 saturated carbocycles. The Balaban J connectivity index is 1.81. The van der Waals surface area contributed by atoms with Crippen molar-refractivity contribution in [3.63, 3.8) is 0 Å². The van der Waals surface area contributed by atoms with Crippen molar-refractivity contribution in [1.82, 2.24) is 19.9 Å². The number of nitrogens with zero attached hydrogens (tertiary/aromatic N) is 2. The van der Waals surface area contributed by atoms with Crippen molar-refractivity contribution in [2.45, 2.75) is 39.5 Å². The number of aromatic nitrogens is 4. The van der Waals surface area contributed by atoms with Crippen molar-refractivity contribution >= 4 is 22.1 Å². The van der Waals surface area contributed by atoms with E-state index in [1.54, 1.807) is 0 Å². The Morgan fingerprint density at radius 2 is 1.12 bits per heavy atom. The zero-order chi connectivity index (χ0) is 16.8. The number of rotatable bonds is 3. The van der Waals surface area contributed by atoms with Crippen molar-refractivity contribution in [1.29, 1.82) is 0 Å². The largest absolute Gasteiger partial charge is 0.342 e. The average Bonchev–Trinajstić information content (AvgIpc) is 3.13.